The lowest BCUT2D eigenvalue weighted by atomic mass is 9.84. The van der Waals surface area contributed by atoms with E-state index < -0.39 is 0 Å². The molecule has 1 atom stereocenters. The van der Waals surface area contributed by atoms with Gasteiger partial charge in [-0.1, -0.05) is 13.3 Å². The first-order chi connectivity index (χ1) is 7.79. The number of hydrogen-bond donors (Lipinski definition) is 1. The molecule has 1 aliphatic rings. The zero-order chi connectivity index (χ0) is 11.4. The van der Waals surface area contributed by atoms with E-state index in [0.29, 0.717) is 12.1 Å². The van der Waals surface area contributed by atoms with Gasteiger partial charge < -0.3 is 9.73 Å². The summed E-state index contributed by atoms with van der Waals surface area (Å²) in [4.78, 5) is 0. The van der Waals surface area contributed by atoms with Crippen LogP contribution in [0.5, 0.6) is 0 Å². The van der Waals surface area contributed by atoms with E-state index in [-0.39, 0.29) is 0 Å². The molecule has 0 aliphatic heterocycles. The van der Waals surface area contributed by atoms with Crippen molar-refractivity contribution in [3.8, 4) is 0 Å². The van der Waals surface area contributed by atoms with Crippen molar-refractivity contribution in [2.45, 2.75) is 58.0 Å². The molecule has 16 heavy (non-hydrogen) atoms. The van der Waals surface area contributed by atoms with Crippen LogP contribution in [0.3, 0.4) is 0 Å². The lowest BCUT2D eigenvalue weighted by Crippen LogP contribution is -2.34. The SMILES string of the molecule is CCC1CCC(N[C@@H](C)c2ccco2)CC1. The molecule has 1 aromatic heterocycles. The third-order valence-electron chi connectivity index (χ3n) is 3.88. The van der Waals surface area contributed by atoms with Gasteiger partial charge in [-0.15, -0.1) is 0 Å². The first-order valence-corrected chi connectivity index (χ1v) is 6.59. The van der Waals surface area contributed by atoms with Crippen molar-refractivity contribution in [1.29, 1.82) is 0 Å². The van der Waals surface area contributed by atoms with Gasteiger partial charge in [-0.25, -0.2) is 0 Å². The molecule has 0 bridgehead atoms. The van der Waals surface area contributed by atoms with Crippen LogP contribution in [-0.2, 0) is 0 Å². The Bertz CT molecular complexity index is 286. The monoisotopic (exact) mass is 221 g/mol. The van der Waals surface area contributed by atoms with Gasteiger partial charge in [0.1, 0.15) is 5.76 Å². The molecule has 2 rings (SSSR count). The van der Waals surface area contributed by atoms with E-state index in [9.17, 15) is 0 Å². The van der Waals surface area contributed by atoms with Gasteiger partial charge in [-0.2, -0.15) is 0 Å². The van der Waals surface area contributed by atoms with Gasteiger partial charge in [0, 0.05) is 6.04 Å². The Hall–Kier alpha value is -0.760. The molecule has 1 N–H and O–H groups in total. The van der Waals surface area contributed by atoms with Crippen LogP contribution < -0.4 is 5.32 Å². The summed E-state index contributed by atoms with van der Waals surface area (Å²) >= 11 is 0. The second-order valence-corrected chi connectivity index (χ2v) is 5.03. The highest BCUT2D eigenvalue weighted by Gasteiger charge is 2.21. The molecule has 1 heterocycles. The molecule has 1 aromatic rings. The van der Waals surface area contributed by atoms with Crippen LogP contribution in [0.4, 0.5) is 0 Å². The summed E-state index contributed by atoms with van der Waals surface area (Å²) in [5.41, 5.74) is 0. The Kier molecular flexibility index (Phi) is 4.05. The summed E-state index contributed by atoms with van der Waals surface area (Å²) in [5.74, 6) is 2.02. The summed E-state index contributed by atoms with van der Waals surface area (Å²) in [6.07, 6.45) is 8.52. The van der Waals surface area contributed by atoms with E-state index in [1.165, 1.54) is 32.1 Å². The van der Waals surface area contributed by atoms with Crippen molar-refractivity contribution in [3.05, 3.63) is 24.2 Å². The molecule has 90 valence electrons. The number of nitrogens with one attached hydrogen (secondary N) is 1. The lowest BCUT2D eigenvalue weighted by Gasteiger charge is -2.30. The Morgan fingerprint density at radius 1 is 1.38 bits per heavy atom. The van der Waals surface area contributed by atoms with E-state index in [4.69, 9.17) is 4.42 Å². The van der Waals surface area contributed by atoms with Gasteiger partial charge in [-0.3, -0.25) is 0 Å². The molecule has 0 aromatic carbocycles. The predicted molar refractivity (Wildman–Crippen MR) is 66.3 cm³/mol. The summed E-state index contributed by atoms with van der Waals surface area (Å²) < 4.78 is 5.42. The number of furan rings is 1. The Morgan fingerprint density at radius 3 is 2.69 bits per heavy atom. The zero-order valence-corrected chi connectivity index (χ0v) is 10.4. The second kappa shape index (κ2) is 5.53. The Labute approximate surface area is 98.4 Å². The molecule has 0 saturated heterocycles. The van der Waals surface area contributed by atoms with Crippen molar-refractivity contribution in [1.82, 2.24) is 5.32 Å². The highest BCUT2D eigenvalue weighted by Crippen LogP contribution is 2.28. The van der Waals surface area contributed by atoms with Crippen LogP contribution in [0.25, 0.3) is 0 Å². The predicted octanol–water partition coefficient (Wildman–Crippen LogP) is 3.90. The molecule has 1 aliphatic carbocycles. The minimum atomic E-state index is 0.346. The van der Waals surface area contributed by atoms with Crippen molar-refractivity contribution in [3.63, 3.8) is 0 Å². The van der Waals surface area contributed by atoms with Crippen LogP contribution in [0.15, 0.2) is 22.8 Å². The molecule has 1 fully saturated rings. The lowest BCUT2D eigenvalue weighted by molar-refractivity contribution is 0.264. The third kappa shape index (κ3) is 2.88. The van der Waals surface area contributed by atoms with Gasteiger partial charge in [0.05, 0.1) is 12.3 Å². The molecule has 2 nitrogen and oxygen atoms in total. The minimum Gasteiger partial charge on any atom is -0.468 e. The van der Waals surface area contributed by atoms with E-state index in [1.807, 2.05) is 6.07 Å². The van der Waals surface area contributed by atoms with Gasteiger partial charge in [-0.05, 0) is 50.7 Å². The van der Waals surface area contributed by atoms with Gasteiger partial charge in [0.25, 0.3) is 0 Å². The molecule has 0 unspecified atom stereocenters. The smallest absolute Gasteiger partial charge is 0.120 e. The highest BCUT2D eigenvalue weighted by atomic mass is 16.3. The van der Waals surface area contributed by atoms with E-state index in [1.54, 1.807) is 6.26 Å². The van der Waals surface area contributed by atoms with Crippen molar-refractivity contribution < 1.29 is 4.42 Å². The van der Waals surface area contributed by atoms with Crippen LogP contribution in [0.1, 0.15) is 57.8 Å². The van der Waals surface area contributed by atoms with E-state index in [0.717, 1.165) is 11.7 Å². The fourth-order valence-corrected chi connectivity index (χ4v) is 2.71. The summed E-state index contributed by atoms with van der Waals surface area (Å²) in [7, 11) is 0. The van der Waals surface area contributed by atoms with E-state index >= 15 is 0 Å². The van der Waals surface area contributed by atoms with Crippen LogP contribution in [0.2, 0.25) is 0 Å². The summed E-state index contributed by atoms with van der Waals surface area (Å²) in [5, 5.41) is 3.67. The summed E-state index contributed by atoms with van der Waals surface area (Å²) in [6, 6.07) is 5.04. The normalized spacial score (nSPS) is 27.9. The molecule has 2 heteroatoms. The maximum Gasteiger partial charge on any atom is 0.120 e. The molecule has 0 amide bonds. The molecule has 1 saturated carbocycles. The number of hydrogen-bond acceptors (Lipinski definition) is 2. The third-order valence-corrected chi connectivity index (χ3v) is 3.88. The maximum absolute atomic E-state index is 5.42. The first-order valence-electron chi connectivity index (χ1n) is 6.59. The topological polar surface area (TPSA) is 25.2 Å². The quantitative estimate of drug-likeness (QED) is 0.834. The molecule has 0 radical (unpaired) electrons. The standard InChI is InChI=1S/C14H23NO/c1-3-12-6-8-13(9-7-12)15-11(2)14-5-4-10-16-14/h4-5,10-13,15H,3,6-9H2,1-2H3/t11-,12?,13?/m0/s1. The second-order valence-electron chi connectivity index (χ2n) is 5.03. The van der Waals surface area contributed by atoms with Crippen molar-refractivity contribution in [2.24, 2.45) is 5.92 Å². The number of rotatable bonds is 4. The van der Waals surface area contributed by atoms with Gasteiger partial charge in [0.2, 0.25) is 0 Å². The Morgan fingerprint density at radius 2 is 2.12 bits per heavy atom. The van der Waals surface area contributed by atoms with Gasteiger partial charge >= 0.3 is 0 Å². The van der Waals surface area contributed by atoms with Crippen LogP contribution in [-0.4, -0.2) is 6.04 Å². The first kappa shape index (κ1) is 11.7. The molecular formula is C14H23NO. The average molecular weight is 221 g/mol. The fraction of sp³-hybridized carbons (Fsp3) is 0.714. The highest BCUT2D eigenvalue weighted by molar-refractivity contribution is 5.03. The van der Waals surface area contributed by atoms with Crippen LogP contribution in [0, 0.1) is 5.92 Å². The Balaban J connectivity index is 1.78. The molecular weight excluding hydrogens is 198 g/mol. The van der Waals surface area contributed by atoms with Crippen LogP contribution >= 0.6 is 0 Å². The summed E-state index contributed by atoms with van der Waals surface area (Å²) in [6.45, 7) is 4.49. The minimum absolute atomic E-state index is 0.346. The largest absolute Gasteiger partial charge is 0.468 e. The average Bonchev–Trinajstić information content (AvgIpc) is 2.83. The fourth-order valence-electron chi connectivity index (χ4n) is 2.71. The van der Waals surface area contributed by atoms with Crippen molar-refractivity contribution >= 4 is 0 Å². The van der Waals surface area contributed by atoms with Crippen molar-refractivity contribution in [2.75, 3.05) is 0 Å². The zero-order valence-electron chi connectivity index (χ0n) is 10.4. The maximum atomic E-state index is 5.42. The molecule has 0 spiro atoms. The van der Waals surface area contributed by atoms with E-state index in [2.05, 4.69) is 25.2 Å². The van der Waals surface area contributed by atoms with Gasteiger partial charge in [0.15, 0.2) is 0 Å².